The van der Waals surface area contributed by atoms with Crippen molar-refractivity contribution in [2.24, 2.45) is 4.99 Å². The maximum Gasteiger partial charge on any atom is 0.191 e. The first-order valence-electron chi connectivity index (χ1n) is 8.94. The number of aliphatic imine (C=N–C) groups is 1. The number of hydrogen-bond acceptors (Lipinski definition) is 4. The van der Waals surface area contributed by atoms with E-state index in [9.17, 15) is 5.11 Å². The maximum atomic E-state index is 10.4. The second kappa shape index (κ2) is 12.2. The highest BCUT2D eigenvalue weighted by Crippen LogP contribution is 2.19. The lowest BCUT2D eigenvalue weighted by Gasteiger charge is -2.18. The fraction of sp³-hybridized carbons (Fsp3) is 0.450. The van der Waals surface area contributed by atoms with E-state index in [1.54, 1.807) is 7.11 Å². The standard InChI is InChI=1S/C20H29N3O2S.HI/c1-5-21-20(23-14(2)11-18-10-9-15(3)26-18)22-13-19(24)16-7-6-8-17(12-16)25-4;/h6-10,12,14,19,24H,5,11,13H2,1-4H3,(H2,21,22,23);1H. The molecule has 0 aliphatic heterocycles. The van der Waals surface area contributed by atoms with Crippen molar-refractivity contribution in [2.45, 2.75) is 39.3 Å². The van der Waals surface area contributed by atoms with Gasteiger partial charge in [0.05, 0.1) is 19.8 Å². The highest BCUT2D eigenvalue weighted by molar-refractivity contribution is 14.0. The van der Waals surface area contributed by atoms with Crippen LogP contribution in [0.3, 0.4) is 0 Å². The monoisotopic (exact) mass is 503 g/mol. The minimum absolute atomic E-state index is 0. The molecule has 150 valence electrons. The zero-order valence-corrected chi connectivity index (χ0v) is 19.5. The molecule has 0 amide bonds. The van der Waals surface area contributed by atoms with Crippen LogP contribution < -0.4 is 15.4 Å². The Bertz CT molecular complexity index is 721. The molecule has 2 aromatic rings. The van der Waals surface area contributed by atoms with Gasteiger partial charge in [-0.2, -0.15) is 0 Å². The van der Waals surface area contributed by atoms with Crippen molar-refractivity contribution in [3.05, 3.63) is 51.7 Å². The van der Waals surface area contributed by atoms with E-state index in [0.717, 1.165) is 30.2 Å². The number of benzene rings is 1. The summed E-state index contributed by atoms with van der Waals surface area (Å²) in [4.78, 5) is 7.22. The normalized spacial score (nSPS) is 13.4. The molecule has 0 spiro atoms. The first-order chi connectivity index (χ1) is 12.5. The molecule has 1 aromatic heterocycles. The zero-order valence-electron chi connectivity index (χ0n) is 16.4. The van der Waals surface area contributed by atoms with E-state index >= 15 is 0 Å². The van der Waals surface area contributed by atoms with Gasteiger partial charge in [-0.3, -0.25) is 4.99 Å². The maximum absolute atomic E-state index is 10.4. The van der Waals surface area contributed by atoms with Crippen LogP contribution in [-0.2, 0) is 6.42 Å². The number of rotatable bonds is 8. The van der Waals surface area contributed by atoms with E-state index < -0.39 is 6.10 Å². The number of aryl methyl sites for hydroxylation is 1. The topological polar surface area (TPSA) is 65.9 Å². The van der Waals surface area contributed by atoms with Gasteiger partial charge in [-0.05, 0) is 50.6 Å². The molecule has 0 radical (unpaired) electrons. The van der Waals surface area contributed by atoms with Gasteiger partial charge in [0.25, 0.3) is 0 Å². The van der Waals surface area contributed by atoms with Crippen molar-refractivity contribution in [2.75, 3.05) is 20.2 Å². The molecular formula is C20H30IN3O2S. The summed E-state index contributed by atoms with van der Waals surface area (Å²) in [6, 6.07) is 12.0. The van der Waals surface area contributed by atoms with E-state index in [0.29, 0.717) is 0 Å². The first-order valence-corrected chi connectivity index (χ1v) is 9.75. The smallest absolute Gasteiger partial charge is 0.191 e. The third-order valence-corrected chi connectivity index (χ3v) is 4.95. The zero-order chi connectivity index (χ0) is 18.9. The molecule has 2 atom stereocenters. The van der Waals surface area contributed by atoms with Gasteiger partial charge in [-0.1, -0.05) is 12.1 Å². The van der Waals surface area contributed by atoms with Gasteiger partial charge in [0.2, 0.25) is 0 Å². The number of aliphatic hydroxyl groups excluding tert-OH is 1. The minimum atomic E-state index is -0.671. The second-order valence-electron chi connectivity index (χ2n) is 6.27. The summed E-state index contributed by atoms with van der Waals surface area (Å²) in [6.45, 7) is 7.35. The highest BCUT2D eigenvalue weighted by Gasteiger charge is 2.11. The number of methoxy groups -OCH3 is 1. The van der Waals surface area contributed by atoms with Gasteiger partial charge in [-0.25, -0.2) is 0 Å². The molecule has 2 rings (SSSR count). The summed E-state index contributed by atoms with van der Waals surface area (Å²) < 4.78 is 5.21. The SMILES string of the molecule is CCNC(=NCC(O)c1cccc(OC)c1)NC(C)Cc1ccc(C)s1.I. The van der Waals surface area contributed by atoms with Crippen LogP contribution >= 0.6 is 35.3 Å². The molecule has 3 N–H and O–H groups in total. The molecule has 1 aromatic carbocycles. The largest absolute Gasteiger partial charge is 0.497 e. The van der Waals surface area contributed by atoms with E-state index in [1.807, 2.05) is 42.5 Å². The number of ether oxygens (including phenoxy) is 1. The molecular weight excluding hydrogens is 473 g/mol. The third-order valence-electron chi connectivity index (χ3n) is 3.93. The predicted octanol–water partition coefficient (Wildman–Crippen LogP) is 3.90. The van der Waals surface area contributed by atoms with Crippen LogP contribution in [0.15, 0.2) is 41.4 Å². The Morgan fingerprint density at radius 1 is 1.30 bits per heavy atom. The Balaban J connectivity index is 0.00000364. The molecule has 0 saturated heterocycles. The van der Waals surface area contributed by atoms with Crippen LogP contribution in [0.2, 0.25) is 0 Å². The molecule has 0 aliphatic rings. The number of nitrogens with one attached hydrogen (secondary N) is 2. The molecule has 7 heteroatoms. The van der Waals surface area contributed by atoms with Crippen LogP contribution in [-0.4, -0.2) is 37.3 Å². The molecule has 1 heterocycles. The number of nitrogens with zero attached hydrogens (tertiary/aromatic N) is 1. The molecule has 5 nitrogen and oxygen atoms in total. The number of aliphatic hydroxyl groups is 1. The highest BCUT2D eigenvalue weighted by atomic mass is 127. The van der Waals surface area contributed by atoms with Gasteiger partial charge in [-0.15, -0.1) is 35.3 Å². The van der Waals surface area contributed by atoms with Gasteiger partial charge in [0.15, 0.2) is 5.96 Å². The van der Waals surface area contributed by atoms with Crippen LogP contribution in [0.4, 0.5) is 0 Å². The molecule has 0 bridgehead atoms. The number of hydrogen-bond donors (Lipinski definition) is 3. The first kappa shape index (κ1) is 23.7. The molecule has 0 saturated carbocycles. The van der Waals surface area contributed by atoms with Crippen molar-refractivity contribution in [1.82, 2.24) is 10.6 Å². The Morgan fingerprint density at radius 2 is 2.07 bits per heavy atom. The van der Waals surface area contributed by atoms with Crippen molar-refractivity contribution in [3.8, 4) is 5.75 Å². The summed E-state index contributed by atoms with van der Waals surface area (Å²) >= 11 is 1.82. The lowest BCUT2D eigenvalue weighted by atomic mass is 10.1. The fourth-order valence-corrected chi connectivity index (χ4v) is 3.65. The average Bonchev–Trinajstić information content (AvgIpc) is 3.04. The summed E-state index contributed by atoms with van der Waals surface area (Å²) in [6.07, 6.45) is 0.275. The molecule has 0 fully saturated rings. The summed E-state index contributed by atoms with van der Waals surface area (Å²) in [5.74, 6) is 1.45. The Hall–Kier alpha value is -1.32. The van der Waals surface area contributed by atoms with Gasteiger partial charge in [0, 0.05) is 28.8 Å². The molecule has 27 heavy (non-hydrogen) atoms. The van der Waals surface area contributed by atoms with Gasteiger partial charge < -0.3 is 20.5 Å². The predicted molar refractivity (Wildman–Crippen MR) is 125 cm³/mol. The number of guanidine groups is 1. The fourth-order valence-electron chi connectivity index (χ4n) is 2.63. The summed E-state index contributed by atoms with van der Waals surface area (Å²) in [7, 11) is 1.62. The Labute approximate surface area is 183 Å². The summed E-state index contributed by atoms with van der Waals surface area (Å²) in [5, 5.41) is 17.1. The summed E-state index contributed by atoms with van der Waals surface area (Å²) in [5.41, 5.74) is 0.797. The van der Waals surface area contributed by atoms with Gasteiger partial charge in [0.1, 0.15) is 5.75 Å². The van der Waals surface area contributed by atoms with Crippen LogP contribution in [0.25, 0.3) is 0 Å². The third kappa shape index (κ3) is 8.06. The van der Waals surface area contributed by atoms with Crippen LogP contribution in [0.1, 0.15) is 35.3 Å². The Morgan fingerprint density at radius 3 is 2.70 bits per heavy atom. The van der Waals surface area contributed by atoms with Crippen molar-refractivity contribution in [3.63, 3.8) is 0 Å². The van der Waals surface area contributed by atoms with Crippen molar-refractivity contribution in [1.29, 1.82) is 0 Å². The number of thiophene rings is 1. The number of halogens is 1. The van der Waals surface area contributed by atoms with Crippen molar-refractivity contribution >= 4 is 41.3 Å². The molecule has 2 unspecified atom stereocenters. The Kier molecular flexibility index (Phi) is 10.7. The quantitative estimate of drug-likeness (QED) is 0.291. The van der Waals surface area contributed by atoms with Gasteiger partial charge >= 0.3 is 0 Å². The van der Waals surface area contributed by atoms with E-state index in [2.05, 4.69) is 41.6 Å². The van der Waals surface area contributed by atoms with E-state index in [4.69, 9.17) is 4.74 Å². The second-order valence-corrected chi connectivity index (χ2v) is 7.65. The molecule has 0 aliphatic carbocycles. The lowest BCUT2D eigenvalue weighted by Crippen LogP contribution is -2.43. The minimum Gasteiger partial charge on any atom is -0.497 e. The van der Waals surface area contributed by atoms with E-state index in [1.165, 1.54) is 9.75 Å². The lowest BCUT2D eigenvalue weighted by molar-refractivity contribution is 0.186. The van der Waals surface area contributed by atoms with Crippen LogP contribution in [0.5, 0.6) is 5.75 Å². The van der Waals surface area contributed by atoms with Crippen molar-refractivity contribution < 1.29 is 9.84 Å². The van der Waals surface area contributed by atoms with Crippen LogP contribution in [0, 0.1) is 6.92 Å². The van der Waals surface area contributed by atoms with E-state index in [-0.39, 0.29) is 36.6 Å². The average molecular weight is 503 g/mol.